The molecule has 30 heavy (non-hydrogen) atoms. The number of rotatable bonds is 4. The van der Waals surface area contributed by atoms with Crippen LogP contribution in [0.4, 0.5) is 0 Å². The van der Waals surface area contributed by atoms with E-state index in [4.69, 9.17) is 4.74 Å². The summed E-state index contributed by atoms with van der Waals surface area (Å²) >= 11 is 0. The topological polar surface area (TPSA) is 9.23 Å². The quantitative estimate of drug-likeness (QED) is 0.254. The molecular weight excluding hydrogens is 416 g/mol. The number of para-hydroxylation sites is 1. The van der Waals surface area contributed by atoms with Crippen molar-refractivity contribution in [3.8, 4) is 5.75 Å². The first-order valence-electron chi connectivity index (χ1n) is 10.6. The van der Waals surface area contributed by atoms with Crippen LogP contribution in [0.15, 0.2) is 71.9 Å². The second-order valence-corrected chi connectivity index (χ2v) is 10.3. The Morgan fingerprint density at radius 1 is 1.03 bits per heavy atom. The average Bonchev–Trinajstić information content (AvgIpc) is 3.21. The molecule has 0 heterocycles. The molecule has 1 aliphatic carbocycles. The first-order valence-corrected chi connectivity index (χ1v) is 12.9. The Balaban J connectivity index is 0. The van der Waals surface area contributed by atoms with E-state index in [2.05, 4.69) is 85.9 Å². The zero-order valence-corrected chi connectivity index (χ0v) is 23.4. The maximum Gasteiger partial charge on any atom is 0.119 e. The molecule has 0 spiro atoms. The van der Waals surface area contributed by atoms with Crippen LogP contribution in [0.1, 0.15) is 54.9 Å². The fourth-order valence-corrected chi connectivity index (χ4v) is 2.41. The predicted octanol–water partition coefficient (Wildman–Crippen LogP) is 7.85. The van der Waals surface area contributed by atoms with Gasteiger partial charge in [-0.05, 0) is 41.0 Å². The summed E-state index contributed by atoms with van der Waals surface area (Å²) < 4.78 is 5.96. The number of ether oxygens (including phenoxy) is 1. The Hall–Kier alpha value is -1.09. The third-order valence-corrected chi connectivity index (χ3v) is 4.19. The average molecular weight is 459 g/mol. The Kier molecular flexibility index (Phi) is 17.2. The first kappa shape index (κ1) is 31.1. The molecule has 1 aromatic carbocycles. The van der Waals surface area contributed by atoms with Crippen molar-refractivity contribution in [2.24, 2.45) is 10.8 Å². The minimum Gasteiger partial charge on any atom is -0.489 e. The van der Waals surface area contributed by atoms with E-state index in [0.717, 1.165) is 21.7 Å². The van der Waals surface area contributed by atoms with E-state index in [0.29, 0.717) is 6.61 Å². The van der Waals surface area contributed by atoms with Gasteiger partial charge in [0.25, 0.3) is 0 Å². The van der Waals surface area contributed by atoms with Crippen LogP contribution in [0, 0.1) is 16.9 Å². The van der Waals surface area contributed by atoms with Gasteiger partial charge in [0.2, 0.25) is 0 Å². The number of allylic oxidation sites excluding steroid dienone is 7. The standard InChI is InChI=1S/C20H30O.C5H5.C2H7Si.Ti/c1-8-16(19(2,3)4)14-17(20(5,6)7)15-21-18-12-10-9-11-13-18;1-2-4-5-3-1;1-3-2;/h8-14H,15H2,1-7H3;1-3H,4H2;3H,1-2H3;/q;-1;;. The predicted molar refractivity (Wildman–Crippen MR) is 133 cm³/mol. The molecule has 3 heteroatoms. The number of benzene rings is 1. The van der Waals surface area contributed by atoms with Gasteiger partial charge in [0.15, 0.2) is 0 Å². The van der Waals surface area contributed by atoms with E-state index < -0.39 is 0 Å². The van der Waals surface area contributed by atoms with Gasteiger partial charge in [0.1, 0.15) is 12.4 Å². The van der Waals surface area contributed by atoms with Gasteiger partial charge in [-0.1, -0.05) is 85.0 Å². The zero-order chi connectivity index (χ0) is 22.3. The van der Waals surface area contributed by atoms with Crippen LogP contribution in [0.5, 0.6) is 5.75 Å². The molecule has 1 nitrogen and oxygen atoms in total. The van der Waals surface area contributed by atoms with E-state index in [1.807, 2.05) is 42.5 Å². The molecule has 0 saturated heterocycles. The van der Waals surface area contributed by atoms with E-state index in [1.165, 1.54) is 11.1 Å². The Labute approximate surface area is 204 Å². The van der Waals surface area contributed by atoms with Crippen molar-refractivity contribution in [2.75, 3.05) is 6.61 Å². The van der Waals surface area contributed by atoms with E-state index in [1.54, 1.807) is 0 Å². The zero-order valence-electron chi connectivity index (χ0n) is 20.7. The van der Waals surface area contributed by atoms with Crippen molar-refractivity contribution in [3.05, 3.63) is 77.9 Å². The van der Waals surface area contributed by atoms with Gasteiger partial charge in [-0.25, -0.2) is 12.2 Å². The second kappa shape index (κ2) is 16.6. The SMILES string of the molecule is CC=C(C=C(COc1ccccc1)C(C)(C)C)C(C)(C)C.C[SiH]C.[C-]1=CC=CC1.[Ti]. The third-order valence-electron chi connectivity index (χ3n) is 4.19. The van der Waals surface area contributed by atoms with Gasteiger partial charge in [-0.15, -0.1) is 6.42 Å². The molecule has 0 aliphatic heterocycles. The Morgan fingerprint density at radius 2 is 1.60 bits per heavy atom. The summed E-state index contributed by atoms with van der Waals surface area (Å²) in [5.41, 5.74) is 2.91. The second-order valence-electron chi connectivity index (χ2n) is 9.10. The van der Waals surface area contributed by atoms with Gasteiger partial charge in [0, 0.05) is 31.2 Å². The monoisotopic (exact) mass is 458 g/mol. The molecule has 0 N–H and O–H groups in total. The van der Waals surface area contributed by atoms with Crippen LogP contribution in [-0.4, -0.2) is 16.1 Å². The molecule has 1 aromatic rings. The summed E-state index contributed by atoms with van der Waals surface area (Å²) in [6, 6.07) is 10.0. The molecule has 0 aromatic heterocycles. The van der Waals surface area contributed by atoms with Crippen molar-refractivity contribution < 1.29 is 26.5 Å². The number of hydrogen-bond acceptors (Lipinski definition) is 1. The molecule has 0 atom stereocenters. The smallest absolute Gasteiger partial charge is 0.119 e. The maximum atomic E-state index is 5.96. The van der Waals surface area contributed by atoms with E-state index >= 15 is 0 Å². The minimum atomic E-state index is 0. The summed E-state index contributed by atoms with van der Waals surface area (Å²) in [6.45, 7) is 20.6. The van der Waals surface area contributed by atoms with Crippen LogP contribution in [0.2, 0.25) is 13.1 Å². The molecule has 165 valence electrons. The molecule has 1 radical (unpaired) electrons. The molecular formula is C27H42OSiTi-. The van der Waals surface area contributed by atoms with Gasteiger partial charge in [-0.2, -0.15) is 6.08 Å². The molecule has 0 unspecified atom stereocenters. The Morgan fingerprint density at radius 3 is 1.93 bits per heavy atom. The van der Waals surface area contributed by atoms with Gasteiger partial charge in [-0.3, -0.25) is 6.08 Å². The maximum absolute atomic E-state index is 5.96. The minimum absolute atomic E-state index is 0. The van der Waals surface area contributed by atoms with Crippen LogP contribution in [0.3, 0.4) is 0 Å². The summed E-state index contributed by atoms with van der Waals surface area (Å²) in [7, 11) is 0.750. The van der Waals surface area contributed by atoms with Crippen LogP contribution in [-0.2, 0) is 21.7 Å². The molecule has 0 saturated carbocycles. The van der Waals surface area contributed by atoms with Gasteiger partial charge < -0.3 is 4.74 Å². The molecule has 2 rings (SSSR count). The van der Waals surface area contributed by atoms with Crippen LogP contribution >= 0.6 is 0 Å². The summed E-state index contributed by atoms with van der Waals surface area (Å²) in [4.78, 5) is 0. The molecule has 1 aliphatic rings. The summed E-state index contributed by atoms with van der Waals surface area (Å²) in [5.74, 6) is 0.922. The van der Waals surface area contributed by atoms with Crippen molar-refractivity contribution >= 4 is 9.52 Å². The molecule has 0 fully saturated rings. The first-order chi connectivity index (χ1) is 13.6. The normalized spacial score (nSPS) is 13.5. The van der Waals surface area contributed by atoms with Gasteiger partial charge >= 0.3 is 0 Å². The summed E-state index contributed by atoms with van der Waals surface area (Å²) in [6.07, 6.45) is 14.5. The number of hydrogen-bond donors (Lipinski definition) is 0. The van der Waals surface area contributed by atoms with Crippen LogP contribution < -0.4 is 4.74 Å². The van der Waals surface area contributed by atoms with Crippen molar-refractivity contribution in [2.45, 2.75) is 68.0 Å². The van der Waals surface area contributed by atoms with Crippen molar-refractivity contribution in [1.82, 2.24) is 0 Å². The third kappa shape index (κ3) is 14.8. The fourth-order valence-electron chi connectivity index (χ4n) is 2.41. The molecule has 0 bridgehead atoms. The molecule has 0 amide bonds. The van der Waals surface area contributed by atoms with E-state index in [-0.39, 0.29) is 32.5 Å². The van der Waals surface area contributed by atoms with Crippen molar-refractivity contribution in [3.63, 3.8) is 0 Å². The van der Waals surface area contributed by atoms with E-state index in [9.17, 15) is 0 Å². The largest absolute Gasteiger partial charge is 0.489 e. The van der Waals surface area contributed by atoms with Crippen LogP contribution in [0.25, 0.3) is 0 Å². The van der Waals surface area contributed by atoms with Crippen molar-refractivity contribution in [1.29, 1.82) is 0 Å². The summed E-state index contributed by atoms with van der Waals surface area (Å²) in [5, 5.41) is 0. The Bertz CT molecular complexity index is 661. The van der Waals surface area contributed by atoms with Gasteiger partial charge in [0.05, 0.1) is 0 Å². The fraction of sp³-hybridized carbons (Fsp3) is 0.481.